The van der Waals surface area contributed by atoms with Crippen LogP contribution in [-0.4, -0.2) is 0 Å². The fourth-order valence-electron chi connectivity index (χ4n) is 1.17. The minimum absolute atomic E-state index is 1.05. The zero-order valence-electron chi connectivity index (χ0n) is 10.4. The van der Waals surface area contributed by atoms with Gasteiger partial charge in [0.2, 0.25) is 0 Å². The van der Waals surface area contributed by atoms with Gasteiger partial charge in [-0.1, -0.05) is 20.3 Å². The number of hydrogen-bond donors (Lipinski definition) is 0. The third kappa shape index (κ3) is 13.1. The lowest BCUT2D eigenvalue weighted by atomic mass is 10.2. The van der Waals surface area contributed by atoms with E-state index in [-0.39, 0.29) is 0 Å². The summed E-state index contributed by atoms with van der Waals surface area (Å²) in [7, 11) is 0. The number of rotatable bonds is 6. The van der Waals surface area contributed by atoms with Crippen LogP contribution in [0.4, 0.5) is 0 Å². The summed E-state index contributed by atoms with van der Waals surface area (Å²) in [5.74, 6) is 12.8. The molecule has 0 saturated heterocycles. The van der Waals surface area contributed by atoms with E-state index < -0.39 is 0 Å². The van der Waals surface area contributed by atoms with Crippen LogP contribution in [0.1, 0.15) is 71.6 Å². The summed E-state index contributed by atoms with van der Waals surface area (Å²) in [6, 6.07) is 0. The molecule has 0 aliphatic rings. The molecule has 0 heteroatoms. The highest BCUT2D eigenvalue weighted by Crippen LogP contribution is 1.98. The molecule has 0 unspecified atom stereocenters. The van der Waals surface area contributed by atoms with Gasteiger partial charge in [0.1, 0.15) is 0 Å². The van der Waals surface area contributed by atoms with Crippen LogP contribution in [0.2, 0.25) is 0 Å². The molecule has 0 amide bonds. The molecule has 0 radical (unpaired) electrons. The first kappa shape index (κ1) is 14.1. The first-order valence-electron chi connectivity index (χ1n) is 6.33. The van der Waals surface area contributed by atoms with E-state index in [4.69, 9.17) is 0 Å². The summed E-state index contributed by atoms with van der Waals surface area (Å²) in [5.41, 5.74) is 0. The van der Waals surface area contributed by atoms with Crippen molar-refractivity contribution in [2.75, 3.05) is 0 Å². The van der Waals surface area contributed by atoms with E-state index in [1.54, 1.807) is 0 Å². The van der Waals surface area contributed by atoms with Gasteiger partial charge < -0.3 is 0 Å². The van der Waals surface area contributed by atoms with E-state index in [9.17, 15) is 0 Å². The van der Waals surface area contributed by atoms with E-state index in [1.165, 1.54) is 32.1 Å². The molecule has 0 spiro atoms. The molecule has 0 aromatic heterocycles. The SMILES string of the molecule is CCCC#CCCCCC#CCCCC. The van der Waals surface area contributed by atoms with Crippen LogP contribution in [0.3, 0.4) is 0 Å². The lowest BCUT2D eigenvalue weighted by Gasteiger charge is -1.89. The predicted molar refractivity (Wildman–Crippen MR) is 68.5 cm³/mol. The molecular formula is C15H24. The summed E-state index contributed by atoms with van der Waals surface area (Å²) in [6.45, 7) is 4.37. The van der Waals surface area contributed by atoms with Gasteiger partial charge in [-0.2, -0.15) is 0 Å². The highest BCUT2D eigenvalue weighted by molar-refractivity contribution is 5.00. The Morgan fingerprint density at radius 3 is 1.47 bits per heavy atom. The molecule has 0 aliphatic carbocycles. The molecular weight excluding hydrogens is 180 g/mol. The summed E-state index contributed by atoms with van der Waals surface area (Å²) in [6.07, 6.45) is 10.3. The molecule has 0 saturated carbocycles. The van der Waals surface area contributed by atoms with Crippen LogP contribution in [-0.2, 0) is 0 Å². The van der Waals surface area contributed by atoms with Crippen molar-refractivity contribution < 1.29 is 0 Å². The number of hydrogen-bond acceptors (Lipinski definition) is 0. The van der Waals surface area contributed by atoms with Gasteiger partial charge in [0, 0.05) is 25.7 Å². The van der Waals surface area contributed by atoms with E-state index in [0.29, 0.717) is 0 Å². The van der Waals surface area contributed by atoms with Crippen molar-refractivity contribution in [3.8, 4) is 23.7 Å². The second-order valence-electron chi connectivity index (χ2n) is 3.77. The van der Waals surface area contributed by atoms with Gasteiger partial charge in [-0.05, 0) is 25.7 Å². The number of unbranched alkanes of at least 4 members (excludes halogenated alkanes) is 6. The Labute approximate surface area is 95.8 Å². The van der Waals surface area contributed by atoms with Gasteiger partial charge in [0.05, 0.1) is 0 Å². The van der Waals surface area contributed by atoms with Crippen LogP contribution in [0.25, 0.3) is 0 Å². The Balaban J connectivity index is 3.17. The second kappa shape index (κ2) is 13.1. The third-order valence-electron chi connectivity index (χ3n) is 2.13. The van der Waals surface area contributed by atoms with Gasteiger partial charge in [-0.25, -0.2) is 0 Å². The molecule has 0 atom stereocenters. The van der Waals surface area contributed by atoms with Crippen molar-refractivity contribution in [1.29, 1.82) is 0 Å². The molecule has 0 nitrogen and oxygen atoms in total. The molecule has 0 aromatic carbocycles. The normalized spacial score (nSPS) is 8.67. The zero-order valence-corrected chi connectivity index (χ0v) is 10.4. The molecule has 0 rings (SSSR count). The van der Waals surface area contributed by atoms with Crippen LogP contribution >= 0.6 is 0 Å². The van der Waals surface area contributed by atoms with E-state index in [2.05, 4.69) is 37.5 Å². The van der Waals surface area contributed by atoms with Crippen molar-refractivity contribution in [1.82, 2.24) is 0 Å². The van der Waals surface area contributed by atoms with Crippen LogP contribution < -0.4 is 0 Å². The Hall–Kier alpha value is -0.880. The molecule has 15 heavy (non-hydrogen) atoms. The molecule has 0 heterocycles. The second-order valence-corrected chi connectivity index (χ2v) is 3.77. The van der Waals surface area contributed by atoms with E-state index in [1.807, 2.05) is 0 Å². The van der Waals surface area contributed by atoms with Gasteiger partial charge in [-0.3, -0.25) is 0 Å². The fourth-order valence-corrected chi connectivity index (χ4v) is 1.17. The zero-order chi connectivity index (χ0) is 11.2. The van der Waals surface area contributed by atoms with Gasteiger partial charge >= 0.3 is 0 Å². The standard InChI is InChI=1S/C15H24/c1-3-5-7-9-11-13-15-14-12-10-8-6-4-2/h3-7,12-15H2,1-2H3. The predicted octanol–water partition coefficient (Wildman–Crippen LogP) is 4.54. The van der Waals surface area contributed by atoms with Crippen LogP contribution in [0.5, 0.6) is 0 Å². The van der Waals surface area contributed by atoms with Crippen molar-refractivity contribution in [2.45, 2.75) is 71.6 Å². The topological polar surface area (TPSA) is 0 Å². The Morgan fingerprint density at radius 1 is 0.533 bits per heavy atom. The molecule has 84 valence electrons. The molecule has 0 fully saturated rings. The maximum absolute atomic E-state index is 3.22. The van der Waals surface area contributed by atoms with Crippen LogP contribution in [0, 0.1) is 23.7 Å². The Morgan fingerprint density at radius 2 is 1.00 bits per heavy atom. The minimum Gasteiger partial charge on any atom is -0.103 e. The van der Waals surface area contributed by atoms with Gasteiger partial charge in [0.15, 0.2) is 0 Å². The summed E-state index contributed by atoms with van der Waals surface area (Å²) in [5, 5.41) is 0. The van der Waals surface area contributed by atoms with Gasteiger partial charge in [-0.15, -0.1) is 23.7 Å². The minimum atomic E-state index is 1.05. The highest BCUT2D eigenvalue weighted by Gasteiger charge is 1.83. The monoisotopic (exact) mass is 204 g/mol. The first-order chi connectivity index (χ1) is 7.41. The van der Waals surface area contributed by atoms with Crippen molar-refractivity contribution in [2.24, 2.45) is 0 Å². The molecule has 0 N–H and O–H groups in total. The average molecular weight is 204 g/mol. The van der Waals surface area contributed by atoms with Crippen LogP contribution in [0.15, 0.2) is 0 Å². The summed E-state index contributed by atoms with van der Waals surface area (Å²) >= 11 is 0. The third-order valence-corrected chi connectivity index (χ3v) is 2.13. The van der Waals surface area contributed by atoms with Crippen molar-refractivity contribution in [3.63, 3.8) is 0 Å². The maximum Gasteiger partial charge on any atom is 0.00890 e. The van der Waals surface area contributed by atoms with Crippen molar-refractivity contribution in [3.05, 3.63) is 0 Å². The lowest BCUT2D eigenvalue weighted by molar-refractivity contribution is 0.779. The summed E-state index contributed by atoms with van der Waals surface area (Å²) in [4.78, 5) is 0. The first-order valence-corrected chi connectivity index (χ1v) is 6.33. The summed E-state index contributed by atoms with van der Waals surface area (Å²) < 4.78 is 0. The highest BCUT2D eigenvalue weighted by atomic mass is 13.9. The van der Waals surface area contributed by atoms with Crippen molar-refractivity contribution >= 4 is 0 Å². The molecule has 0 bridgehead atoms. The lowest BCUT2D eigenvalue weighted by Crippen LogP contribution is -1.74. The largest absolute Gasteiger partial charge is 0.103 e. The molecule has 0 aliphatic heterocycles. The molecule has 0 aromatic rings. The maximum atomic E-state index is 3.22. The van der Waals surface area contributed by atoms with Gasteiger partial charge in [0.25, 0.3) is 0 Å². The smallest absolute Gasteiger partial charge is 0.00890 e. The fraction of sp³-hybridized carbons (Fsp3) is 0.733. The van der Waals surface area contributed by atoms with E-state index >= 15 is 0 Å². The quantitative estimate of drug-likeness (QED) is 0.440. The van der Waals surface area contributed by atoms with E-state index in [0.717, 1.165) is 25.7 Å². The Bertz CT molecular complexity index is 228. The average Bonchev–Trinajstić information content (AvgIpc) is 2.26. The Kier molecular flexibility index (Phi) is 12.4.